The van der Waals surface area contributed by atoms with Crippen molar-refractivity contribution in [3.63, 3.8) is 0 Å². The Balaban J connectivity index is 1.39. The largest absolute Gasteiger partial charge is 0.343 e. The second-order valence-electron chi connectivity index (χ2n) is 7.73. The summed E-state index contributed by atoms with van der Waals surface area (Å²) < 4.78 is 1.85. The number of benzene rings is 2. The summed E-state index contributed by atoms with van der Waals surface area (Å²) in [6.45, 7) is 3.02. The summed E-state index contributed by atoms with van der Waals surface area (Å²) in [6, 6.07) is 22.3. The highest BCUT2D eigenvalue weighted by Gasteiger charge is 2.19. The highest BCUT2D eigenvalue weighted by molar-refractivity contribution is 7.10. The zero-order chi connectivity index (χ0) is 21.6. The molecule has 0 aliphatic heterocycles. The predicted molar refractivity (Wildman–Crippen MR) is 125 cm³/mol. The van der Waals surface area contributed by atoms with Crippen molar-refractivity contribution in [2.45, 2.75) is 19.5 Å². The Morgan fingerprint density at radius 2 is 1.87 bits per heavy atom. The van der Waals surface area contributed by atoms with Crippen LogP contribution in [0.25, 0.3) is 5.69 Å². The van der Waals surface area contributed by atoms with Crippen LogP contribution in [0, 0.1) is 6.92 Å². The molecule has 0 saturated carbocycles. The number of hydrogen-bond acceptors (Lipinski definition) is 4. The molecule has 5 nitrogen and oxygen atoms in total. The third kappa shape index (κ3) is 5.48. The first-order valence-corrected chi connectivity index (χ1v) is 11.1. The zero-order valence-corrected chi connectivity index (χ0v) is 18.5. The number of nitrogens with zero attached hydrogens (tertiary/aromatic N) is 3. The lowest BCUT2D eigenvalue weighted by atomic mass is 10.0. The Morgan fingerprint density at radius 3 is 2.58 bits per heavy atom. The summed E-state index contributed by atoms with van der Waals surface area (Å²) in [5.74, 6) is -0.00285. The predicted octanol–water partition coefficient (Wildman–Crippen LogP) is 4.58. The Bertz CT molecular complexity index is 1100. The quantitative estimate of drug-likeness (QED) is 0.445. The van der Waals surface area contributed by atoms with Crippen molar-refractivity contribution in [2.24, 2.45) is 0 Å². The summed E-state index contributed by atoms with van der Waals surface area (Å²) in [7, 11) is 1.95. The second kappa shape index (κ2) is 9.73. The molecular weight excluding hydrogens is 404 g/mol. The molecule has 6 heteroatoms. The van der Waals surface area contributed by atoms with E-state index < -0.39 is 0 Å². The molecule has 0 bridgehead atoms. The van der Waals surface area contributed by atoms with Crippen molar-refractivity contribution in [2.75, 3.05) is 13.6 Å². The van der Waals surface area contributed by atoms with Crippen LogP contribution in [0.15, 0.2) is 84.5 Å². The summed E-state index contributed by atoms with van der Waals surface area (Å²) in [5.41, 5.74) is 4.38. The van der Waals surface area contributed by atoms with Gasteiger partial charge in [-0.25, -0.2) is 4.68 Å². The van der Waals surface area contributed by atoms with Gasteiger partial charge >= 0.3 is 0 Å². The van der Waals surface area contributed by atoms with Gasteiger partial charge in [0.05, 0.1) is 24.5 Å². The number of thiophene rings is 1. The number of likely N-dealkylation sites (N-methyl/N-ethyl adjacent to an activating group) is 1. The van der Waals surface area contributed by atoms with Gasteiger partial charge in [0.15, 0.2) is 0 Å². The third-order valence-corrected chi connectivity index (χ3v) is 6.00. The van der Waals surface area contributed by atoms with Crippen LogP contribution in [0.3, 0.4) is 0 Å². The molecule has 0 aliphatic rings. The van der Waals surface area contributed by atoms with Gasteiger partial charge in [0.25, 0.3) is 0 Å². The van der Waals surface area contributed by atoms with Gasteiger partial charge in [0, 0.05) is 23.2 Å². The van der Waals surface area contributed by atoms with Crippen LogP contribution in [0.5, 0.6) is 0 Å². The number of aryl methyl sites for hydroxylation is 1. The van der Waals surface area contributed by atoms with E-state index in [2.05, 4.69) is 47.7 Å². The van der Waals surface area contributed by atoms with E-state index in [9.17, 15) is 4.79 Å². The molecule has 2 aromatic carbocycles. The molecule has 0 saturated heterocycles. The first kappa shape index (κ1) is 21.0. The zero-order valence-electron chi connectivity index (χ0n) is 17.7. The molecule has 1 unspecified atom stereocenters. The highest BCUT2D eigenvalue weighted by Crippen LogP contribution is 2.26. The number of hydrogen-bond donors (Lipinski definition) is 1. The molecule has 0 spiro atoms. The molecule has 31 heavy (non-hydrogen) atoms. The summed E-state index contributed by atoms with van der Waals surface area (Å²) in [5, 5.41) is 9.69. The first-order valence-electron chi connectivity index (χ1n) is 10.3. The lowest BCUT2D eigenvalue weighted by Gasteiger charge is -2.21. The van der Waals surface area contributed by atoms with Gasteiger partial charge in [-0.3, -0.25) is 9.69 Å². The number of rotatable bonds is 8. The topological polar surface area (TPSA) is 50.2 Å². The third-order valence-electron chi connectivity index (χ3n) is 5.07. The Kier molecular flexibility index (Phi) is 6.60. The normalized spacial score (nSPS) is 12.1. The number of nitrogens with one attached hydrogen (secondary N) is 1. The molecular formula is C25H26N4OS. The van der Waals surface area contributed by atoms with Crippen LogP contribution in [-0.2, 0) is 11.3 Å². The summed E-state index contributed by atoms with van der Waals surface area (Å²) in [6.07, 6.45) is 3.85. The fraction of sp³-hybridized carbons (Fsp3) is 0.200. The van der Waals surface area contributed by atoms with Gasteiger partial charge in [-0.2, -0.15) is 5.10 Å². The van der Waals surface area contributed by atoms with E-state index in [0.717, 1.165) is 21.7 Å². The van der Waals surface area contributed by atoms with E-state index >= 15 is 0 Å². The smallest absolute Gasteiger partial charge is 0.234 e. The minimum Gasteiger partial charge on any atom is -0.343 e. The van der Waals surface area contributed by atoms with E-state index in [1.807, 2.05) is 70.8 Å². The van der Waals surface area contributed by atoms with Crippen molar-refractivity contribution in [3.8, 4) is 5.69 Å². The second-order valence-corrected chi connectivity index (χ2v) is 8.71. The highest BCUT2D eigenvalue weighted by atomic mass is 32.1. The van der Waals surface area contributed by atoms with Crippen molar-refractivity contribution in [1.29, 1.82) is 0 Å². The van der Waals surface area contributed by atoms with E-state index in [1.54, 1.807) is 11.3 Å². The number of carbonyl (C=O) groups is 1. The average molecular weight is 431 g/mol. The van der Waals surface area contributed by atoms with E-state index in [0.29, 0.717) is 13.1 Å². The van der Waals surface area contributed by atoms with Crippen LogP contribution in [-0.4, -0.2) is 34.2 Å². The van der Waals surface area contributed by atoms with Gasteiger partial charge in [-0.15, -0.1) is 11.3 Å². The Labute approximate surface area is 187 Å². The molecule has 0 radical (unpaired) electrons. The molecule has 4 rings (SSSR count). The molecule has 0 fully saturated rings. The van der Waals surface area contributed by atoms with E-state index in [-0.39, 0.29) is 11.9 Å². The van der Waals surface area contributed by atoms with Crippen LogP contribution < -0.4 is 5.32 Å². The molecule has 2 aromatic heterocycles. The standard InChI is InChI=1S/C25H26N4OS/c1-19-10-12-21(13-11-19)25(23-9-6-14-31-23)27-24(30)18-28(2)16-20-15-26-29(17-20)22-7-4-3-5-8-22/h3-15,17,25H,16,18H2,1-2H3,(H,27,30). The van der Waals surface area contributed by atoms with Crippen molar-refractivity contribution >= 4 is 17.2 Å². The molecule has 1 N–H and O–H groups in total. The van der Waals surface area contributed by atoms with Crippen molar-refractivity contribution < 1.29 is 4.79 Å². The lowest BCUT2D eigenvalue weighted by molar-refractivity contribution is -0.122. The summed E-state index contributed by atoms with van der Waals surface area (Å²) >= 11 is 1.65. The first-order chi connectivity index (χ1) is 15.1. The number of amides is 1. The minimum absolute atomic E-state index is 0.00285. The fourth-order valence-corrected chi connectivity index (χ4v) is 4.32. The molecule has 158 valence electrons. The maximum absolute atomic E-state index is 12.8. The Morgan fingerprint density at radius 1 is 1.10 bits per heavy atom. The molecule has 2 heterocycles. The molecule has 1 amide bonds. The monoisotopic (exact) mass is 430 g/mol. The number of aromatic nitrogens is 2. The van der Waals surface area contributed by atoms with Gasteiger partial charge in [0.1, 0.15) is 0 Å². The van der Waals surface area contributed by atoms with Crippen molar-refractivity contribution in [3.05, 3.63) is 106 Å². The number of para-hydroxylation sites is 1. The fourth-order valence-electron chi connectivity index (χ4n) is 3.52. The van der Waals surface area contributed by atoms with Gasteiger partial charge in [-0.05, 0) is 43.1 Å². The van der Waals surface area contributed by atoms with Crippen LogP contribution in [0.1, 0.15) is 27.6 Å². The lowest BCUT2D eigenvalue weighted by Crippen LogP contribution is -2.37. The minimum atomic E-state index is -0.137. The number of carbonyl (C=O) groups excluding carboxylic acids is 1. The SMILES string of the molecule is Cc1ccc(C(NC(=O)CN(C)Cc2cnn(-c3ccccc3)c2)c2cccs2)cc1. The van der Waals surface area contributed by atoms with Crippen LogP contribution in [0.2, 0.25) is 0 Å². The maximum atomic E-state index is 12.8. The average Bonchev–Trinajstić information content (AvgIpc) is 3.46. The molecule has 1 atom stereocenters. The van der Waals surface area contributed by atoms with Gasteiger partial charge in [-0.1, -0.05) is 54.1 Å². The van der Waals surface area contributed by atoms with Crippen molar-refractivity contribution in [1.82, 2.24) is 20.0 Å². The summed E-state index contributed by atoms with van der Waals surface area (Å²) in [4.78, 5) is 16.0. The Hall–Kier alpha value is -3.22. The van der Waals surface area contributed by atoms with E-state index in [1.165, 1.54) is 5.56 Å². The van der Waals surface area contributed by atoms with Gasteiger partial charge < -0.3 is 5.32 Å². The molecule has 0 aliphatic carbocycles. The van der Waals surface area contributed by atoms with E-state index in [4.69, 9.17) is 0 Å². The van der Waals surface area contributed by atoms with Gasteiger partial charge in [0.2, 0.25) is 5.91 Å². The van der Waals surface area contributed by atoms with Crippen LogP contribution >= 0.6 is 11.3 Å². The van der Waals surface area contributed by atoms with Crippen LogP contribution in [0.4, 0.5) is 0 Å². The maximum Gasteiger partial charge on any atom is 0.234 e. The molecule has 4 aromatic rings.